The van der Waals surface area contributed by atoms with Crippen molar-refractivity contribution >= 4 is 5.91 Å². The minimum Gasteiger partial charge on any atom is -0.368 e. The van der Waals surface area contributed by atoms with Crippen molar-refractivity contribution in [1.82, 2.24) is 4.90 Å². The van der Waals surface area contributed by atoms with Gasteiger partial charge in [-0.05, 0) is 50.0 Å². The summed E-state index contributed by atoms with van der Waals surface area (Å²) >= 11 is 0. The molecule has 0 aromatic heterocycles. The van der Waals surface area contributed by atoms with Crippen LogP contribution in [0.1, 0.15) is 29.2 Å². The zero-order valence-corrected chi connectivity index (χ0v) is 9.86. The van der Waals surface area contributed by atoms with Crippen LogP contribution in [0.15, 0.2) is 18.2 Å². The molecule has 2 rings (SSSR count). The summed E-state index contributed by atoms with van der Waals surface area (Å²) in [5.74, 6) is -0.289. The summed E-state index contributed by atoms with van der Waals surface area (Å²) in [6, 6.07) is 5.99. The lowest BCUT2D eigenvalue weighted by molar-refractivity contribution is -0.122. The van der Waals surface area contributed by atoms with Gasteiger partial charge in [0.1, 0.15) is 6.04 Å². The number of hydrogen-bond acceptors (Lipinski definition) is 2. The Labute approximate surface area is 96.2 Å². The first-order valence-corrected chi connectivity index (χ1v) is 5.67. The highest BCUT2D eigenvalue weighted by Crippen LogP contribution is 2.26. The summed E-state index contributed by atoms with van der Waals surface area (Å²) in [7, 11) is 3.76. The number of carbonyl (C=O) groups is 1. The highest BCUT2D eigenvalue weighted by Gasteiger charge is 2.21. The monoisotopic (exact) mass is 218 g/mol. The summed E-state index contributed by atoms with van der Waals surface area (Å²) in [6.45, 7) is 0. The lowest BCUT2D eigenvalue weighted by Gasteiger charge is -2.22. The third-order valence-electron chi connectivity index (χ3n) is 3.22. The fraction of sp³-hybridized carbons (Fsp3) is 0.462. The van der Waals surface area contributed by atoms with Crippen LogP contribution in [-0.4, -0.2) is 24.9 Å². The molecular formula is C13H18N2O. The van der Waals surface area contributed by atoms with Crippen LogP contribution in [0.2, 0.25) is 0 Å². The van der Waals surface area contributed by atoms with Crippen molar-refractivity contribution < 1.29 is 4.79 Å². The quantitative estimate of drug-likeness (QED) is 0.830. The Hall–Kier alpha value is -1.35. The fourth-order valence-corrected chi connectivity index (χ4v) is 2.48. The van der Waals surface area contributed by atoms with Gasteiger partial charge in [0, 0.05) is 0 Å². The maximum absolute atomic E-state index is 11.4. The summed E-state index contributed by atoms with van der Waals surface area (Å²) < 4.78 is 0. The van der Waals surface area contributed by atoms with Crippen LogP contribution >= 0.6 is 0 Å². The number of rotatable bonds is 3. The van der Waals surface area contributed by atoms with Crippen LogP contribution in [0.25, 0.3) is 0 Å². The number of hydrogen-bond donors (Lipinski definition) is 1. The van der Waals surface area contributed by atoms with Crippen LogP contribution in [0, 0.1) is 0 Å². The molecular weight excluding hydrogens is 200 g/mol. The number of nitrogens with two attached hydrogens (primary N) is 1. The van der Waals surface area contributed by atoms with E-state index in [2.05, 4.69) is 12.1 Å². The summed E-state index contributed by atoms with van der Waals surface area (Å²) in [5.41, 5.74) is 9.25. The lowest BCUT2D eigenvalue weighted by atomic mass is 10.00. The Morgan fingerprint density at radius 1 is 1.31 bits per heavy atom. The van der Waals surface area contributed by atoms with E-state index < -0.39 is 0 Å². The zero-order valence-electron chi connectivity index (χ0n) is 9.86. The molecule has 1 unspecified atom stereocenters. The number of benzene rings is 1. The van der Waals surface area contributed by atoms with Crippen molar-refractivity contribution in [3.8, 4) is 0 Å². The Balaban J connectivity index is 2.35. The van der Waals surface area contributed by atoms with Gasteiger partial charge in [0.15, 0.2) is 0 Å². The molecule has 1 aromatic rings. The predicted molar refractivity (Wildman–Crippen MR) is 64.1 cm³/mol. The van der Waals surface area contributed by atoms with Crippen LogP contribution in [0.4, 0.5) is 0 Å². The van der Waals surface area contributed by atoms with Crippen molar-refractivity contribution in [3.63, 3.8) is 0 Å². The maximum Gasteiger partial charge on any atom is 0.239 e. The zero-order chi connectivity index (χ0) is 11.7. The first-order valence-electron chi connectivity index (χ1n) is 5.67. The van der Waals surface area contributed by atoms with E-state index in [0.29, 0.717) is 0 Å². The Morgan fingerprint density at radius 3 is 2.62 bits per heavy atom. The topological polar surface area (TPSA) is 46.3 Å². The first kappa shape index (κ1) is 11.1. The maximum atomic E-state index is 11.4. The standard InChI is InChI=1S/C13H18N2O/c1-15(2)12(13(14)16)11-7-6-9-4-3-5-10(9)8-11/h6-8,12H,3-5H2,1-2H3,(H2,14,16). The molecule has 0 saturated heterocycles. The van der Waals surface area contributed by atoms with Gasteiger partial charge in [-0.15, -0.1) is 0 Å². The molecule has 0 saturated carbocycles. The van der Waals surface area contributed by atoms with Gasteiger partial charge in [-0.2, -0.15) is 0 Å². The van der Waals surface area contributed by atoms with Crippen molar-refractivity contribution in [1.29, 1.82) is 0 Å². The smallest absolute Gasteiger partial charge is 0.239 e. The molecule has 3 nitrogen and oxygen atoms in total. The van der Waals surface area contributed by atoms with Gasteiger partial charge in [0.05, 0.1) is 0 Å². The minimum atomic E-state index is -0.314. The van der Waals surface area contributed by atoms with E-state index in [-0.39, 0.29) is 11.9 Å². The molecule has 0 fully saturated rings. The highest BCUT2D eigenvalue weighted by atomic mass is 16.1. The number of likely N-dealkylation sites (N-methyl/N-ethyl adjacent to an activating group) is 1. The average Bonchev–Trinajstić information content (AvgIpc) is 2.63. The molecule has 0 radical (unpaired) electrons. The molecule has 0 aliphatic heterocycles. The summed E-state index contributed by atoms with van der Waals surface area (Å²) in [4.78, 5) is 13.3. The number of fused-ring (bicyclic) bond motifs is 1. The Bertz CT molecular complexity index is 412. The van der Waals surface area contributed by atoms with E-state index in [0.717, 1.165) is 12.0 Å². The first-order chi connectivity index (χ1) is 7.59. The molecule has 1 aliphatic rings. The van der Waals surface area contributed by atoms with Gasteiger partial charge < -0.3 is 5.73 Å². The van der Waals surface area contributed by atoms with Gasteiger partial charge in [-0.1, -0.05) is 18.2 Å². The van der Waals surface area contributed by atoms with Crippen LogP contribution in [-0.2, 0) is 17.6 Å². The average molecular weight is 218 g/mol. The molecule has 0 spiro atoms. The lowest BCUT2D eigenvalue weighted by Crippen LogP contribution is -2.32. The molecule has 16 heavy (non-hydrogen) atoms. The fourth-order valence-electron chi connectivity index (χ4n) is 2.48. The molecule has 0 bridgehead atoms. The summed E-state index contributed by atoms with van der Waals surface area (Å²) in [6.07, 6.45) is 3.52. The summed E-state index contributed by atoms with van der Waals surface area (Å²) in [5, 5.41) is 0. The van der Waals surface area contributed by atoms with Gasteiger partial charge in [0.2, 0.25) is 5.91 Å². The van der Waals surface area contributed by atoms with Crippen molar-refractivity contribution in [2.24, 2.45) is 5.73 Å². The Morgan fingerprint density at radius 2 is 2.00 bits per heavy atom. The number of amides is 1. The van der Waals surface area contributed by atoms with Crippen molar-refractivity contribution in [2.45, 2.75) is 25.3 Å². The van der Waals surface area contributed by atoms with E-state index >= 15 is 0 Å². The van der Waals surface area contributed by atoms with E-state index in [1.54, 1.807) is 0 Å². The molecule has 86 valence electrons. The van der Waals surface area contributed by atoms with Crippen LogP contribution in [0.5, 0.6) is 0 Å². The van der Waals surface area contributed by atoms with Gasteiger partial charge in [-0.25, -0.2) is 0 Å². The predicted octanol–water partition coefficient (Wildman–Crippen LogP) is 1.26. The molecule has 1 aromatic carbocycles. The van der Waals surface area contributed by atoms with Crippen LogP contribution in [0.3, 0.4) is 0 Å². The van der Waals surface area contributed by atoms with Crippen molar-refractivity contribution in [2.75, 3.05) is 14.1 Å². The largest absolute Gasteiger partial charge is 0.368 e. The molecule has 2 N–H and O–H groups in total. The molecule has 3 heteroatoms. The molecule has 1 atom stereocenters. The normalized spacial score (nSPS) is 16.2. The second kappa shape index (κ2) is 4.26. The molecule has 0 heterocycles. The minimum absolute atomic E-state index is 0.289. The molecule has 1 aliphatic carbocycles. The van der Waals surface area contributed by atoms with E-state index in [1.807, 2.05) is 25.1 Å². The number of primary amides is 1. The molecule has 1 amide bonds. The van der Waals surface area contributed by atoms with Gasteiger partial charge in [0.25, 0.3) is 0 Å². The van der Waals surface area contributed by atoms with Crippen LogP contribution < -0.4 is 5.73 Å². The van der Waals surface area contributed by atoms with E-state index in [1.165, 1.54) is 24.0 Å². The second-order valence-corrected chi connectivity index (χ2v) is 4.65. The number of carbonyl (C=O) groups excluding carboxylic acids is 1. The van der Waals surface area contributed by atoms with E-state index in [4.69, 9.17) is 5.73 Å². The number of nitrogens with zero attached hydrogens (tertiary/aromatic N) is 1. The highest BCUT2D eigenvalue weighted by molar-refractivity contribution is 5.81. The van der Waals surface area contributed by atoms with Gasteiger partial charge >= 0.3 is 0 Å². The van der Waals surface area contributed by atoms with Gasteiger partial charge in [-0.3, -0.25) is 9.69 Å². The van der Waals surface area contributed by atoms with Crippen molar-refractivity contribution in [3.05, 3.63) is 34.9 Å². The van der Waals surface area contributed by atoms with E-state index in [9.17, 15) is 4.79 Å². The number of aryl methyl sites for hydroxylation is 2. The SMILES string of the molecule is CN(C)C(C(N)=O)c1ccc2c(c1)CCC2. The third-order valence-corrected chi connectivity index (χ3v) is 3.22. The second-order valence-electron chi connectivity index (χ2n) is 4.65. The third kappa shape index (κ3) is 1.95. The Kier molecular flexibility index (Phi) is 2.97.